The molecule has 128 valence electrons. The topological polar surface area (TPSA) is 88.0 Å². The Labute approximate surface area is 157 Å². The van der Waals surface area contributed by atoms with E-state index in [4.69, 9.17) is 32.7 Å². The third-order valence-electron chi connectivity index (χ3n) is 3.80. The molecule has 2 aromatic carbocycles. The molecular formula is C18H9Cl2N3O3. The SMILES string of the molecule is N#C/C(=C\c1cc(Cl)c2c(c1)OCO2)c1nc2cc(Cl)ccc2c(=O)[nH]1. The van der Waals surface area contributed by atoms with Gasteiger partial charge in [-0.15, -0.1) is 0 Å². The molecular weight excluding hydrogens is 377 g/mol. The summed E-state index contributed by atoms with van der Waals surface area (Å²) in [5, 5.41) is 10.7. The molecule has 1 aliphatic rings. The number of aromatic amines is 1. The summed E-state index contributed by atoms with van der Waals surface area (Å²) in [5.41, 5.74) is 0.830. The summed E-state index contributed by atoms with van der Waals surface area (Å²) in [6, 6.07) is 10.1. The highest BCUT2D eigenvalue weighted by Crippen LogP contribution is 2.40. The van der Waals surface area contributed by atoms with Crippen molar-refractivity contribution >= 4 is 45.8 Å². The number of ether oxygens (including phenoxy) is 2. The predicted molar refractivity (Wildman–Crippen MR) is 98.4 cm³/mol. The molecule has 0 saturated heterocycles. The van der Waals surface area contributed by atoms with Gasteiger partial charge in [0.2, 0.25) is 6.79 Å². The summed E-state index contributed by atoms with van der Waals surface area (Å²) in [4.78, 5) is 19.2. The van der Waals surface area contributed by atoms with Gasteiger partial charge in [0.1, 0.15) is 6.07 Å². The number of allylic oxidation sites excluding steroid dienone is 1. The summed E-state index contributed by atoms with van der Waals surface area (Å²) < 4.78 is 10.6. The van der Waals surface area contributed by atoms with E-state index >= 15 is 0 Å². The lowest BCUT2D eigenvalue weighted by Gasteiger charge is -2.04. The maximum absolute atomic E-state index is 12.3. The van der Waals surface area contributed by atoms with Crippen molar-refractivity contribution in [3.8, 4) is 17.6 Å². The van der Waals surface area contributed by atoms with Crippen LogP contribution in [-0.4, -0.2) is 16.8 Å². The first-order chi connectivity index (χ1) is 12.5. The lowest BCUT2D eigenvalue weighted by Crippen LogP contribution is -2.11. The summed E-state index contributed by atoms with van der Waals surface area (Å²) in [7, 11) is 0. The van der Waals surface area contributed by atoms with Crippen LogP contribution in [0.1, 0.15) is 11.4 Å². The lowest BCUT2D eigenvalue weighted by atomic mass is 10.1. The maximum Gasteiger partial charge on any atom is 0.259 e. The monoisotopic (exact) mass is 385 g/mol. The first-order valence-electron chi connectivity index (χ1n) is 7.46. The molecule has 0 radical (unpaired) electrons. The molecule has 26 heavy (non-hydrogen) atoms. The molecule has 1 aliphatic heterocycles. The first-order valence-corrected chi connectivity index (χ1v) is 8.21. The highest BCUT2D eigenvalue weighted by Gasteiger charge is 2.18. The summed E-state index contributed by atoms with van der Waals surface area (Å²) in [5.74, 6) is 1.10. The summed E-state index contributed by atoms with van der Waals surface area (Å²) in [6.45, 7) is 0.0909. The standard InChI is InChI=1S/C18H9Cl2N3O3/c19-11-1-2-12-14(6-11)22-17(23-18(12)24)10(7-21)3-9-4-13(20)16-15(5-9)25-8-26-16/h1-6H,8H2,(H,22,23,24)/b10-3+. The fraction of sp³-hybridized carbons (Fsp3) is 0.0556. The average molecular weight is 386 g/mol. The van der Waals surface area contributed by atoms with Gasteiger partial charge >= 0.3 is 0 Å². The molecule has 0 aliphatic carbocycles. The minimum Gasteiger partial charge on any atom is -0.454 e. The van der Waals surface area contributed by atoms with E-state index in [-0.39, 0.29) is 23.7 Å². The Balaban J connectivity index is 1.84. The summed E-state index contributed by atoms with van der Waals surface area (Å²) in [6.07, 6.45) is 1.56. The molecule has 6 nitrogen and oxygen atoms in total. The Morgan fingerprint density at radius 2 is 2.12 bits per heavy atom. The molecule has 4 rings (SSSR count). The number of hydrogen-bond donors (Lipinski definition) is 1. The van der Waals surface area contributed by atoms with Gasteiger partial charge in [0.05, 0.1) is 21.5 Å². The van der Waals surface area contributed by atoms with E-state index in [0.717, 1.165) is 0 Å². The smallest absolute Gasteiger partial charge is 0.259 e. The van der Waals surface area contributed by atoms with Gasteiger partial charge in [0, 0.05) is 5.02 Å². The zero-order valence-corrected chi connectivity index (χ0v) is 14.6. The van der Waals surface area contributed by atoms with Crippen LogP contribution in [0.25, 0.3) is 22.6 Å². The van der Waals surface area contributed by atoms with Crippen LogP contribution in [0.5, 0.6) is 11.5 Å². The van der Waals surface area contributed by atoms with Gasteiger partial charge in [-0.25, -0.2) is 4.98 Å². The molecule has 0 unspecified atom stereocenters. The van der Waals surface area contributed by atoms with Gasteiger partial charge < -0.3 is 14.5 Å². The zero-order valence-electron chi connectivity index (χ0n) is 13.0. The van der Waals surface area contributed by atoms with Crippen molar-refractivity contribution in [1.82, 2.24) is 9.97 Å². The van der Waals surface area contributed by atoms with Crippen molar-refractivity contribution in [3.63, 3.8) is 0 Å². The van der Waals surface area contributed by atoms with E-state index in [1.165, 1.54) is 0 Å². The van der Waals surface area contributed by atoms with Crippen molar-refractivity contribution in [2.24, 2.45) is 0 Å². The second-order valence-electron chi connectivity index (χ2n) is 5.48. The minimum absolute atomic E-state index is 0.0909. The number of fused-ring (bicyclic) bond motifs is 2. The average Bonchev–Trinajstić information content (AvgIpc) is 3.08. The van der Waals surface area contributed by atoms with Crippen LogP contribution in [0.15, 0.2) is 35.1 Å². The zero-order chi connectivity index (χ0) is 18.3. The Morgan fingerprint density at radius 3 is 2.92 bits per heavy atom. The number of hydrogen-bond acceptors (Lipinski definition) is 5. The van der Waals surface area contributed by atoms with Crippen molar-refractivity contribution in [2.75, 3.05) is 6.79 Å². The van der Waals surface area contributed by atoms with Gasteiger partial charge in [-0.3, -0.25) is 4.79 Å². The lowest BCUT2D eigenvalue weighted by molar-refractivity contribution is 0.174. The number of rotatable bonds is 2. The molecule has 0 fully saturated rings. The fourth-order valence-corrected chi connectivity index (χ4v) is 3.07. The fourth-order valence-electron chi connectivity index (χ4n) is 2.63. The highest BCUT2D eigenvalue weighted by molar-refractivity contribution is 6.32. The molecule has 1 aromatic heterocycles. The van der Waals surface area contributed by atoms with Crippen molar-refractivity contribution in [3.05, 3.63) is 62.1 Å². The van der Waals surface area contributed by atoms with Crippen LogP contribution in [-0.2, 0) is 0 Å². The van der Waals surface area contributed by atoms with Gasteiger partial charge in [0.25, 0.3) is 5.56 Å². The number of benzene rings is 2. The molecule has 2 heterocycles. The second kappa shape index (κ2) is 6.37. The third-order valence-corrected chi connectivity index (χ3v) is 4.32. The number of H-pyrrole nitrogens is 1. The van der Waals surface area contributed by atoms with Crippen molar-refractivity contribution in [2.45, 2.75) is 0 Å². The Bertz CT molecular complexity index is 1180. The van der Waals surface area contributed by atoms with E-state index in [1.54, 1.807) is 36.4 Å². The third kappa shape index (κ3) is 2.88. The van der Waals surface area contributed by atoms with E-state index in [1.807, 2.05) is 6.07 Å². The van der Waals surface area contributed by atoms with Crippen LogP contribution in [0.4, 0.5) is 0 Å². The van der Waals surface area contributed by atoms with E-state index in [9.17, 15) is 10.1 Å². The Hall–Kier alpha value is -3.01. The molecule has 0 amide bonds. The Kier molecular flexibility index (Phi) is 4.03. The van der Waals surface area contributed by atoms with Gasteiger partial charge in [-0.1, -0.05) is 23.2 Å². The first kappa shape index (κ1) is 16.5. The van der Waals surface area contributed by atoms with Crippen LogP contribution in [0, 0.1) is 11.3 Å². The number of nitrogens with one attached hydrogen (secondary N) is 1. The molecule has 0 spiro atoms. The number of nitrogens with zero attached hydrogens (tertiary/aromatic N) is 2. The van der Waals surface area contributed by atoms with Gasteiger partial charge in [0.15, 0.2) is 17.3 Å². The van der Waals surface area contributed by atoms with Gasteiger partial charge in [-0.05, 0) is 42.0 Å². The quantitative estimate of drug-likeness (QED) is 0.672. The number of halogens is 2. The second-order valence-corrected chi connectivity index (χ2v) is 6.33. The summed E-state index contributed by atoms with van der Waals surface area (Å²) >= 11 is 12.1. The predicted octanol–water partition coefficient (Wildman–Crippen LogP) is 4.02. The van der Waals surface area contributed by atoms with Crippen LogP contribution in [0.2, 0.25) is 10.0 Å². The molecule has 3 aromatic rings. The number of aromatic nitrogens is 2. The van der Waals surface area contributed by atoms with E-state index < -0.39 is 0 Å². The molecule has 1 N–H and O–H groups in total. The highest BCUT2D eigenvalue weighted by atomic mass is 35.5. The van der Waals surface area contributed by atoms with Crippen molar-refractivity contribution in [1.29, 1.82) is 5.26 Å². The van der Waals surface area contributed by atoms with Crippen molar-refractivity contribution < 1.29 is 9.47 Å². The number of nitriles is 1. The molecule has 0 bridgehead atoms. The van der Waals surface area contributed by atoms with E-state index in [2.05, 4.69) is 9.97 Å². The minimum atomic E-state index is -0.355. The van der Waals surface area contributed by atoms with E-state index in [0.29, 0.717) is 38.0 Å². The molecule has 0 saturated carbocycles. The normalized spacial score (nSPS) is 13.0. The van der Waals surface area contributed by atoms with Crippen LogP contribution in [0.3, 0.4) is 0 Å². The Morgan fingerprint density at radius 1 is 1.27 bits per heavy atom. The molecule has 0 atom stereocenters. The maximum atomic E-state index is 12.3. The van der Waals surface area contributed by atoms with Gasteiger partial charge in [-0.2, -0.15) is 5.26 Å². The molecule has 8 heteroatoms. The van der Waals surface area contributed by atoms with Crippen LogP contribution >= 0.6 is 23.2 Å². The van der Waals surface area contributed by atoms with Crippen LogP contribution < -0.4 is 15.0 Å². The largest absolute Gasteiger partial charge is 0.454 e.